The van der Waals surface area contributed by atoms with Crippen molar-refractivity contribution in [3.8, 4) is 0 Å². The number of nitrogens with one attached hydrogen (secondary N) is 1. The minimum Gasteiger partial charge on any atom is -0.335 e. The lowest BCUT2D eigenvalue weighted by molar-refractivity contribution is 0.238. The number of carbonyl (C=O) groups excluding carboxylic acids is 1. The summed E-state index contributed by atoms with van der Waals surface area (Å²) in [6.07, 6.45) is 5.77. The summed E-state index contributed by atoms with van der Waals surface area (Å²) in [7, 11) is 0. The molecule has 1 aromatic rings. The van der Waals surface area contributed by atoms with Crippen LogP contribution in [0.2, 0.25) is 0 Å². The predicted molar refractivity (Wildman–Crippen MR) is 74.8 cm³/mol. The SMILES string of the molecule is CCN(C(=O)NC1CCCCC1)c1ccc(F)cc1. The van der Waals surface area contributed by atoms with E-state index in [2.05, 4.69) is 5.32 Å². The van der Waals surface area contributed by atoms with Crippen LogP contribution in [-0.4, -0.2) is 18.6 Å². The molecule has 0 heterocycles. The Kier molecular flexibility index (Phi) is 4.77. The first-order valence-corrected chi connectivity index (χ1v) is 7.04. The number of nitrogens with zero attached hydrogens (tertiary/aromatic N) is 1. The number of carbonyl (C=O) groups is 1. The summed E-state index contributed by atoms with van der Waals surface area (Å²) >= 11 is 0. The molecule has 0 aromatic heterocycles. The molecule has 19 heavy (non-hydrogen) atoms. The van der Waals surface area contributed by atoms with Gasteiger partial charge in [-0.1, -0.05) is 19.3 Å². The lowest BCUT2D eigenvalue weighted by atomic mass is 9.96. The van der Waals surface area contributed by atoms with Crippen LogP contribution >= 0.6 is 0 Å². The van der Waals surface area contributed by atoms with Gasteiger partial charge in [0, 0.05) is 18.3 Å². The summed E-state index contributed by atoms with van der Waals surface area (Å²) in [5.74, 6) is -0.285. The van der Waals surface area contributed by atoms with Crippen LogP contribution in [0.4, 0.5) is 14.9 Å². The minimum absolute atomic E-state index is 0.0824. The van der Waals surface area contributed by atoms with Crippen LogP contribution in [0.3, 0.4) is 0 Å². The molecule has 0 radical (unpaired) electrons. The topological polar surface area (TPSA) is 32.3 Å². The van der Waals surface area contributed by atoms with Crippen molar-refractivity contribution in [3.63, 3.8) is 0 Å². The summed E-state index contributed by atoms with van der Waals surface area (Å²) in [4.78, 5) is 13.9. The third-order valence-electron chi connectivity index (χ3n) is 3.63. The normalized spacial score (nSPS) is 16.1. The summed E-state index contributed by atoms with van der Waals surface area (Å²) in [5.41, 5.74) is 0.734. The molecule has 0 atom stereocenters. The van der Waals surface area contributed by atoms with E-state index in [1.165, 1.54) is 31.4 Å². The van der Waals surface area contributed by atoms with Crippen LogP contribution in [0.5, 0.6) is 0 Å². The Morgan fingerprint density at radius 1 is 1.26 bits per heavy atom. The van der Waals surface area contributed by atoms with Crippen molar-refractivity contribution >= 4 is 11.7 Å². The second-order valence-electron chi connectivity index (χ2n) is 5.01. The van der Waals surface area contributed by atoms with Gasteiger partial charge >= 0.3 is 6.03 Å². The molecule has 1 aliphatic rings. The highest BCUT2D eigenvalue weighted by Gasteiger charge is 2.19. The van der Waals surface area contributed by atoms with Crippen molar-refractivity contribution in [2.75, 3.05) is 11.4 Å². The molecule has 2 amide bonds. The molecule has 0 unspecified atom stereocenters. The summed E-state index contributed by atoms with van der Waals surface area (Å²) in [5, 5.41) is 3.08. The molecule has 104 valence electrons. The minimum atomic E-state index is -0.285. The standard InChI is InChI=1S/C15H21FN2O/c1-2-18(14-10-8-12(16)9-11-14)15(19)17-13-6-4-3-5-7-13/h8-11,13H,2-7H2,1H3,(H,17,19). The highest BCUT2D eigenvalue weighted by Crippen LogP contribution is 2.19. The number of anilines is 1. The quantitative estimate of drug-likeness (QED) is 0.887. The second-order valence-corrected chi connectivity index (χ2v) is 5.01. The van der Waals surface area contributed by atoms with E-state index < -0.39 is 0 Å². The van der Waals surface area contributed by atoms with E-state index >= 15 is 0 Å². The molecule has 0 spiro atoms. The number of hydrogen-bond donors (Lipinski definition) is 1. The molecule has 0 bridgehead atoms. The fourth-order valence-electron chi connectivity index (χ4n) is 2.56. The van der Waals surface area contributed by atoms with E-state index in [0.29, 0.717) is 6.54 Å². The maximum Gasteiger partial charge on any atom is 0.322 e. The van der Waals surface area contributed by atoms with Crippen LogP contribution < -0.4 is 10.2 Å². The first-order chi connectivity index (χ1) is 9.20. The van der Waals surface area contributed by atoms with E-state index in [0.717, 1.165) is 18.5 Å². The lowest BCUT2D eigenvalue weighted by Gasteiger charge is -2.27. The molecule has 1 saturated carbocycles. The number of amides is 2. The van der Waals surface area contributed by atoms with Crippen molar-refractivity contribution in [1.29, 1.82) is 0 Å². The Balaban J connectivity index is 2.00. The average molecular weight is 264 g/mol. The molecule has 1 aromatic carbocycles. The van der Waals surface area contributed by atoms with Crippen molar-refractivity contribution in [2.45, 2.75) is 45.1 Å². The predicted octanol–water partition coefficient (Wildman–Crippen LogP) is 3.69. The van der Waals surface area contributed by atoms with Gasteiger partial charge in [0.05, 0.1) is 0 Å². The van der Waals surface area contributed by atoms with Crippen LogP contribution in [-0.2, 0) is 0 Å². The van der Waals surface area contributed by atoms with Gasteiger partial charge in [0.2, 0.25) is 0 Å². The Morgan fingerprint density at radius 3 is 2.47 bits per heavy atom. The molecule has 4 heteroatoms. The first-order valence-electron chi connectivity index (χ1n) is 7.04. The third-order valence-corrected chi connectivity index (χ3v) is 3.63. The van der Waals surface area contributed by atoms with Gasteiger partial charge in [-0.25, -0.2) is 9.18 Å². The van der Waals surface area contributed by atoms with Gasteiger partial charge in [0.15, 0.2) is 0 Å². The maximum absolute atomic E-state index is 12.9. The number of benzene rings is 1. The van der Waals surface area contributed by atoms with Gasteiger partial charge in [-0.15, -0.1) is 0 Å². The molecule has 1 aliphatic carbocycles. The average Bonchev–Trinajstić information content (AvgIpc) is 2.43. The molecular formula is C15H21FN2O. The van der Waals surface area contributed by atoms with Gasteiger partial charge in [-0.2, -0.15) is 0 Å². The smallest absolute Gasteiger partial charge is 0.322 e. The van der Waals surface area contributed by atoms with Gasteiger partial charge < -0.3 is 5.32 Å². The monoisotopic (exact) mass is 264 g/mol. The van der Waals surface area contributed by atoms with Gasteiger partial charge in [-0.05, 0) is 44.0 Å². The fourth-order valence-corrected chi connectivity index (χ4v) is 2.56. The number of halogens is 1. The van der Waals surface area contributed by atoms with Crippen molar-refractivity contribution in [3.05, 3.63) is 30.1 Å². The largest absolute Gasteiger partial charge is 0.335 e. The van der Waals surface area contributed by atoms with Gasteiger partial charge in [0.25, 0.3) is 0 Å². The van der Waals surface area contributed by atoms with Gasteiger partial charge in [-0.3, -0.25) is 4.90 Å². The van der Waals surface area contributed by atoms with Crippen LogP contribution in [0.25, 0.3) is 0 Å². The van der Waals surface area contributed by atoms with E-state index in [9.17, 15) is 9.18 Å². The molecule has 0 saturated heterocycles. The maximum atomic E-state index is 12.9. The van der Waals surface area contributed by atoms with Crippen molar-refractivity contribution < 1.29 is 9.18 Å². The number of hydrogen-bond acceptors (Lipinski definition) is 1. The number of rotatable bonds is 3. The molecular weight excluding hydrogens is 243 g/mol. The van der Waals surface area contributed by atoms with Crippen LogP contribution in [0.15, 0.2) is 24.3 Å². The van der Waals surface area contributed by atoms with Crippen molar-refractivity contribution in [2.24, 2.45) is 0 Å². The molecule has 0 aliphatic heterocycles. The third kappa shape index (κ3) is 3.69. The Hall–Kier alpha value is -1.58. The number of urea groups is 1. The summed E-state index contributed by atoms with van der Waals surface area (Å²) in [6.45, 7) is 2.49. The van der Waals surface area contributed by atoms with E-state index in [4.69, 9.17) is 0 Å². The zero-order chi connectivity index (χ0) is 13.7. The Bertz CT molecular complexity index is 413. The van der Waals surface area contributed by atoms with E-state index in [1.54, 1.807) is 17.0 Å². The zero-order valence-electron chi connectivity index (χ0n) is 11.4. The molecule has 3 nitrogen and oxygen atoms in total. The molecule has 2 rings (SSSR count). The summed E-state index contributed by atoms with van der Waals surface area (Å²) < 4.78 is 12.9. The van der Waals surface area contributed by atoms with Gasteiger partial charge in [0.1, 0.15) is 5.82 Å². The van der Waals surface area contributed by atoms with Crippen LogP contribution in [0.1, 0.15) is 39.0 Å². The molecule has 1 fully saturated rings. The highest BCUT2D eigenvalue weighted by molar-refractivity contribution is 5.92. The van der Waals surface area contributed by atoms with Crippen molar-refractivity contribution in [1.82, 2.24) is 5.32 Å². The van der Waals surface area contributed by atoms with E-state index in [-0.39, 0.29) is 17.9 Å². The fraction of sp³-hybridized carbons (Fsp3) is 0.533. The van der Waals surface area contributed by atoms with Crippen LogP contribution in [0, 0.1) is 5.82 Å². The van der Waals surface area contributed by atoms with E-state index in [1.807, 2.05) is 6.92 Å². The Morgan fingerprint density at radius 2 is 1.89 bits per heavy atom. The second kappa shape index (κ2) is 6.55. The first kappa shape index (κ1) is 13.8. The Labute approximate surface area is 113 Å². The lowest BCUT2D eigenvalue weighted by Crippen LogP contribution is -2.45. The summed E-state index contributed by atoms with van der Waals surface area (Å²) in [6, 6.07) is 6.24. The highest BCUT2D eigenvalue weighted by atomic mass is 19.1. The zero-order valence-corrected chi connectivity index (χ0v) is 11.4. The molecule has 1 N–H and O–H groups in total.